The zero-order valence-electron chi connectivity index (χ0n) is 24.1. The molecule has 0 amide bonds. The Hall–Kier alpha value is -2.36. The predicted octanol–water partition coefficient (Wildman–Crippen LogP) is 6.25. The quantitative estimate of drug-likeness (QED) is 0.117. The maximum Gasteiger partial charge on any atom is 0.313 e. The fraction of sp³-hybridized carbons (Fsp3) is 0.517. The van der Waals surface area contributed by atoms with E-state index in [9.17, 15) is 22.6 Å². The molecule has 0 aliphatic rings. The largest absolute Gasteiger partial charge is 0.438 e. The number of aryl methyl sites for hydroxylation is 1. The van der Waals surface area contributed by atoms with Gasteiger partial charge in [-0.15, -0.1) is 0 Å². The monoisotopic (exact) mass is 596 g/mol. The molecule has 1 unspecified atom stereocenters. The van der Waals surface area contributed by atoms with E-state index in [1.807, 2.05) is 36.4 Å². The molecular formula is C29H41O9PS. The minimum absolute atomic E-state index is 0.00782. The van der Waals surface area contributed by atoms with Gasteiger partial charge in [0.1, 0.15) is 0 Å². The molecule has 1 N–H and O–H groups in total. The summed E-state index contributed by atoms with van der Waals surface area (Å²) in [5.41, 5.74) is 1.74. The molecule has 0 bridgehead atoms. The van der Waals surface area contributed by atoms with Crippen molar-refractivity contribution in [2.45, 2.75) is 72.2 Å². The Kier molecular flexibility index (Phi) is 12.7. The Morgan fingerprint density at radius 1 is 0.800 bits per heavy atom. The molecule has 0 spiro atoms. The molecule has 0 aliphatic carbocycles. The van der Waals surface area contributed by atoms with Crippen LogP contribution in [0.2, 0.25) is 0 Å². The summed E-state index contributed by atoms with van der Waals surface area (Å²) in [6.45, 7) is 8.82. The molecule has 0 aromatic heterocycles. The summed E-state index contributed by atoms with van der Waals surface area (Å²) < 4.78 is 56.1. The lowest BCUT2D eigenvalue weighted by molar-refractivity contribution is -0.161. The summed E-state index contributed by atoms with van der Waals surface area (Å²) in [4.78, 5) is 22.8. The zero-order chi connectivity index (χ0) is 30.0. The lowest BCUT2D eigenvalue weighted by atomic mass is 9.98. The third kappa shape index (κ3) is 12.0. The van der Waals surface area contributed by atoms with Crippen molar-refractivity contribution in [2.24, 2.45) is 10.8 Å². The first kappa shape index (κ1) is 33.8. The number of hydrogen-bond acceptors (Lipinski definition) is 8. The highest BCUT2D eigenvalue weighted by molar-refractivity contribution is 7.93. The molecule has 2 rings (SSSR count). The number of ether oxygens (including phenoxy) is 2. The van der Waals surface area contributed by atoms with Gasteiger partial charge in [0.2, 0.25) is 0 Å². The molecule has 0 heterocycles. The summed E-state index contributed by atoms with van der Waals surface area (Å²) >= 11 is 0. The molecule has 0 radical (unpaired) electrons. The van der Waals surface area contributed by atoms with Gasteiger partial charge in [0, 0.05) is 0 Å². The van der Waals surface area contributed by atoms with Crippen LogP contribution in [-0.4, -0.2) is 43.5 Å². The molecule has 2 aromatic rings. The molecule has 1 atom stereocenters. The number of rotatable bonds is 14. The fourth-order valence-electron chi connectivity index (χ4n) is 3.47. The SMILES string of the molecule is CC(C)(C)C(=O)OCOP(OCOC(=O)C(C)(C)C)C(CCCc1cccc(Cc2ccccc2)c1)S(=O)(=O)O. The fourth-order valence-corrected chi connectivity index (χ4v) is 6.28. The van der Waals surface area contributed by atoms with Crippen molar-refractivity contribution in [1.29, 1.82) is 0 Å². The highest BCUT2D eigenvalue weighted by Crippen LogP contribution is 2.48. The van der Waals surface area contributed by atoms with E-state index in [0.29, 0.717) is 12.8 Å². The standard InChI is InChI=1S/C29H41O9PS/c1-28(2,3)26(30)35-20-37-39(38-21-36-27(31)29(4,5)6)25(40(32,33)34)17-11-15-23-14-10-16-24(19-23)18-22-12-8-7-9-13-22/h7-10,12-14,16,19,25H,11,15,17-18,20-21H2,1-6H3,(H,32,33,34). The highest BCUT2D eigenvalue weighted by Gasteiger charge is 2.36. The van der Waals surface area contributed by atoms with E-state index in [0.717, 1.165) is 17.5 Å². The van der Waals surface area contributed by atoms with Gasteiger partial charge in [-0.05, 0) is 83.9 Å². The van der Waals surface area contributed by atoms with Gasteiger partial charge in [-0.1, -0.05) is 54.6 Å². The molecule has 9 nitrogen and oxygen atoms in total. The van der Waals surface area contributed by atoms with Crippen LogP contribution in [0.5, 0.6) is 0 Å². The molecular weight excluding hydrogens is 555 g/mol. The third-order valence-corrected chi connectivity index (χ3v) is 9.39. The Morgan fingerprint density at radius 3 is 1.80 bits per heavy atom. The molecule has 0 fully saturated rings. The summed E-state index contributed by atoms with van der Waals surface area (Å²) in [6.07, 6.45) is 1.73. The lowest BCUT2D eigenvalue weighted by Crippen LogP contribution is -2.27. The van der Waals surface area contributed by atoms with E-state index in [1.54, 1.807) is 41.5 Å². The van der Waals surface area contributed by atoms with Crippen molar-refractivity contribution in [1.82, 2.24) is 0 Å². The Bertz CT molecular complexity index is 1170. The highest BCUT2D eigenvalue weighted by atomic mass is 32.2. The number of carbonyl (C=O) groups is 2. The summed E-state index contributed by atoms with van der Waals surface area (Å²) in [5.74, 6) is -1.11. The van der Waals surface area contributed by atoms with Crippen molar-refractivity contribution in [3.63, 3.8) is 0 Å². The third-order valence-electron chi connectivity index (χ3n) is 5.70. The van der Waals surface area contributed by atoms with E-state index in [1.165, 1.54) is 5.56 Å². The maximum atomic E-state index is 12.4. The van der Waals surface area contributed by atoms with Gasteiger partial charge in [-0.3, -0.25) is 23.2 Å². The second-order valence-electron chi connectivity index (χ2n) is 11.5. The molecule has 40 heavy (non-hydrogen) atoms. The first-order valence-electron chi connectivity index (χ1n) is 13.0. The molecule has 0 saturated carbocycles. The van der Waals surface area contributed by atoms with Gasteiger partial charge < -0.3 is 9.47 Å². The van der Waals surface area contributed by atoms with Gasteiger partial charge in [0.05, 0.1) is 10.8 Å². The average molecular weight is 597 g/mol. The molecule has 0 saturated heterocycles. The van der Waals surface area contributed by atoms with Crippen LogP contribution in [0.25, 0.3) is 0 Å². The number of benzene rings is 2. The number of esters is 2. The van der Waals surface area contributed by atoms with Crippen LogP contribution in [0.15, 0.2) is 54.6 Å². The van der Waals surface area contributed by atoms with Gasteiger partial charge in [-0.2, -0.15) is 8.42 Å². The van der Waals surface area contributed by atoms with Crippen molar-refractivity contribution in [3.8, 4) is 0 Å². The van der Waals surface area contributed by atoms with E-state index in [2.05, 4.69) is 18.2 Å². The van der Waals surface area contributed by atoms with E-state index in [-0.39, 0.29) is 6.42 Å². The van der Waals surface area contributed by atoms with E-state index in [4.69, 9.17) is 18.5 Å². The van der Waals surface area contributed by atoms with Crippen LogP contribution in [-0.2, 0) is 51.1 Å². The Morgan fingerprint density at radius 2 is 1.30 bits per heavy atom. The first-order valence-corrected chi connectivity index (χ1v) is 15.8. The average Bonchev–Trinajstić information content (AvgIpc) is 2.84. The van der Waals surface area contributed by atoms with Crippen LogP contribution < -0.4 is 0 Å². The van der Waals surface area contributed by atoms with Gasteiger partial charge in [0.25, 0.3) is 10.1 Å². The van der Waals surface area contributed by atoms with E-state index < -0.39 is 59.8 Å². The minimum Gasteiger partial charge on any atom is -0.438 e. The molecule has 2 aromatic carbocycles. The Balaban J connectivity index is 2.09. The minimum atomic E-state index is -4.63. The predicted molar refractivity (Wildman–Crippen MR) is 154 cm³/mol. The summed E-state index contributed by atoms with van der Waals surface area (Å²) in [6, 6.07) is 18.1. The molecule has 0 aliphatic heterocycles. The van der Waals surface area contributed by atoms with Crippen LogP contribution in [0.4, 0.5) is 0 Å². The van der Waals surface area contributed by atoms with Crippen LogP contribution in [0.1, 0.15) is 71.1 Å². The number of hydrogen-bond donors (Lipinski definition) is 1. The zero-order valence-corrected chi connectivity index (χ0v) is 25.8. The first-order chi connectivity index (χ1) is 18.6. The van der Waals surface area contributed by atoms with Crippen molar-refractivity contribution in [3.05, 3.63) is 71.3 Å². The lowest BCUT2D eigenvalue weighted by Gasteiger charge is -2.25. The smallest absolute Gasteiger partial charge is 0.313 e. The topological polar surface area (TPSA) is 125 Å². The van der Waals surface area contributed by atoms with Gasteiger partial charge in [-0.25, -0.2) is 0 Å². The van der Waals surface area contributed by atoms with Crippen molar-refractivity contribution < 1.29 is 41.1 Å². The summed E-state index contributed by atoms with van der Waals surface area (Å²) in [7, 11) is -6.99. The van der Waals surface area contributed by atoms with Gasteiger partial charge >= 0.3 is 11.9 Å². The summed E-state index contributed by atoms with van der Waals surface area (Å²) in [5, 5.41) is 0. The van der Waals surface area contributed by atoms with Crippen molar-refractivity contribution >= 4 is 30.4 Å². The van der Waals surface area contributed by atoms with Crippen LogP contribution >= 0.6 is 8.38 Å². The second-order valence-corrected chi connectivity index (χ2v) is 15.1. The van der Waals surface area contributed by atoms with Crippen LogP contribution in [0, 0.1) is 10.8 Å². The number of carbonyl (C=O) groups excluding carboxylic acids is 2. The van der Waals surface area contributed by atoms with Crippen LogP contribution in [0.3, 0.4) is 0 Å². The Labute approximate surface area is 239 Å². The van der Waals surface area contributed by atoms with Gasteiger partial charge in [0.15, 0.2) is 27.0 Å². The molecule has 222 valence electrons. The van der Waals surface area contributed by atoms with E-state index >= 15 is 0 Å². The molecule has 11 heteroatoms. The maximum absolute atomic E-state index is 12.4. The second kappa shape index (κ2) is 15.0. The normalized spacial score (nSPS) is 13.2. The van der Waals surface area contributed by atoms with Crippen molar-refractivity contribution in [2.75, 3.05) is 13.6 Å².